The van der Waals surface area contributed by atoms with Gasteiger partial charge in [-0.25, -0.2) is 4.79 Å². The zero-order chi connectivity index (χ0) is 16.2. The largest absolute Gasteiger partial charge is 0.337 e. The quantitative estimate of drug-likeness (QED) is 0.906. The van der Waals surface area contributed by atoms with Gasteiger partial charge in [0.1, 0.15) is 0 Å². The summed E-state index contributed by atoms with van der Waals surface area (Å²) < 4.78 is 1.74. The van der Waals surface area contributed by atoms with Crippen molar-refractivity contribution in [3.05, 3.63) is 53.3 Å². The van der Waals surface area contributed by atoms with Gasteiger partial charge in [-0.05, 0) is 30.2 Å². The number of nitrogens with one attached hydrogen (secondary N) is 2. The number of thioether (sulfide) groups is 1. The molecule has 2 N–H and O–H groups in total. The van der Waals surface area contributed by atoms with Crippen LogP contribution in [0.5, 0.6) is 0 Å². The lowest BCUT2D eigenvalue weighted by molar-refractivity contribution is 0.238. The summed E-state index contributed by atoms with van der Waals surface area (Å²) in [6, 6.07) is 8.32. The Morgan fingerprint density at radius 2 is 2.30 bits per heavy atom. The van der Waals surface area contributed by atoms with Gasteiger partial charge in [0.25, 0.3) is 0 Å². The van der Waals surface area contributed by atoms with Crippen LogP contribution in [0.25, 0.3) is 0 Å². The maximum absolute atomic E-state index is 12.1. The number of carbonyl (C=O) groups excluding carboxylic acids is 1. The average molecular weight is 330 g/mol. The molecule has 2 amide bonds. The first-order chi connectivity index (χ1) is 11.1. The van der Waals surface area contributed by atoms with E-state index in [4.69, 9.17) is 0 Å². The fraction of sp³-hybridized carbons (Fsp3) is 0.412. The molecule has 122 valence electrons. The molecule has 0 saturated carbocycles. The maximum Gasteiger partial charge on any atom is 0.315 e. The molecule has 5 nitrogen and oxygen atoms in total. The summed E-state index contributed by atoms with van der Waals surface area (Å²) in [5.74, 6) is 1.11. The molecular weight excluding hydrogens is 308 g/mol. The summed E-state index contributed by atoms with van der Waals surface area (Å²) in [6.45, 7) is 2.61. The van der Waals surface area contributed by atoms with Crippen LogP contribution < -0.4 is 10.6 Å². The van der Waals surface area contributed by atoms with Crippen molar-refractivity contribution in [3.63, 3.8) is 0 Å². The Kier molecular flexibility index (Phi) is 4.91. The minimum Gasteiger partial charge on any atom is -0.337 e. The summed E-state index contributed by atoms with van der Waals surface area (Å²) in [6.07, 6.45) is 4.80. The van der Waals surface area contributed by atoms with Crippen molar-refractivity contribution >= 4 is 17.8 Å². The first kappa shape index (κ1) is 15.9. The van der Waals surface area contributed by atoms with Crippen LogP contribution >= 0.6 is 11.8 Å². The van der Waals surface area contributed by atoms with E-state index in [2.05, 4.69) is 40.0 Å². The van der Waals surface area contributed by atoms with Gasteiger partial charge in [-0.2, -0.15) is 16.9 Å². The second-order valence-electron chi connectivity index (χ2n) is 5.83. The van der Waals surface area contributed by atoms with Crippen molar-refractivity contribution in [2.45, 2.75) is 24.6 Å². The zero-order valence-corrected chi connectivity index (χ0v) is 14.3. The Morgan fingerprint density at radius 3 is 3.09 bits per heavy atom. The molecule has 0 radical (unpaired) electrons. The molecule has 0 fully saturated rings. The Labute approximate surface area is 140 Å². The number of nitrogens with zero attached hydrogens (tertiary/aromatic N) is 2. The molecule has 6 heteroatoms. The molecule has 0 bridgehead atoms. The van der Waals surface area contributed by atoms with Crippen molar-refractivity contribution in [1.82, 2.24) is 20.4 Å². The summed E-state index contributed by atoms with van der Waals surface area (Å²) in [7, 11) is 1.87. The van der Waals surface area contributed by atoms with Crippen LogP contribution in [0.3, 0.4) is 0 Å². The van der Waals surface area contributed by atoms with E-state index in [9.17, 15) is 4.79 Å². The fourth-order valence-corrected chi connectivity index (χ4v) is 4.06. The van der Waals surface area contributed by atoms with E-state index in [0.29, 0.717) is 11.8 Å². The molecule has 1 aliphatic rings. The number of benzene rings is 1. The zero-order valence-electron chi connectivity index (χ0n) is 13.5. The number of fused-ring (bicyclic) bond motifs is 1. The van der Waals surface area contributed by atoms with Gasteiger partial charge in [0.15, 0.2) is 0 Å². The monoisotopic (exact) mass is 330 g/mol. The molecule has 2 aromatic rings. The highest BCUT2D eigenvalue weighted by atomic mass is 32.2. The maximum atomic E-state index is 12.1. The van der Waals surface area contributed by atoms with Crippen molar-refractivity contribution < 1.29 is 4.79 Å². The smallest absolute Gasteiger partial charge is 0.315 e. The normalized spacial score (nSPS) is 18.1. The molecular formula is C17H22N4OS. The van der Waals surface area contributed by atoms with Gasteiger partial charge < -0.3 is 10.6 Å². The van der Waals surface area contributed by atoms with E-state index in [0.717, 1.165) is 17.7 Å². The standard InChI is InChI=1S/C17H22N4OS/c1-12(14-9-19-21(2)11-14)20-17(22)18-10-16-15-6-4-3-5-13(15)7-8-23-16/h3-6,9,11-12,16H,7-8,10H2,1-2H3,(H2,18,20,22). The van der Waals surface area contributed by atoms with Gasteiger partial charge in [0.2, 0.25) is 0 Å². The highest BCUT2D eigenvalue weighted by Crippen LogP contribution is 2.35. The first-order valence-electron chi connectivity index (χ1n) is 7.86. The SMILES string of the molecule is CC(NC(=O)NCC1SCCc2ccccc21)c1cnn(C)c1. The minimum atomic E-state index is -0.134. The lowest BCUT2D eigenvalue weighted by Crippen LogP contribution is -2.39. The predicted molar refractivity (Wildman–Crippen MR) is 93.5 cm³/mol. The number of hydrogen-bond donors (Lipinski definition) is 2. The summed E-state index contributed by atoms with van der Waals surface area (Å²) in [5, 5.41) is 10.4. The highest BCUT2D eigenvalue weighted by molar-refractivity contribution is 7.99. The van der Waals surface area contributed by atoms with Crippen LogP contribution in [-0.2, 0) is 13.5 Å². The van der Waals surface area contributed by atoms with Gasteiger partial charge in [-0.3, -0.25) is 4.68 Å². The number of amides is 2. The van der Waals surface area contributed by atoms with Crippen molar-refractivity contribution in [2.24, 2.45) is 7.05 Å². The number of carbonyl (C=O) groups is 1. The van der Waals surface area contributed by atoms with Crippen LogP contribution in [0.15, 0.2) is 36.7 Å². The van der Waals surface area contributed by atoms with Crippen molar-refractivity contribution in [3.8, 4) is 0 Å². The summed E-state index contributed by atoms with van der Waals surface area (Å²) in [4.78, 5) is 12.1. The molecule has 0 aliphatic carbocycles. The second kappa shape index (κ2) is 7.08. The van der Waals surface area contributed by atoms with Crippen LogP contribution in [0.1, 0.15) is 34.9 Å². The Morgan fingerprint density at radius 1 is 1.48 bits per heavy atom. The van der Waals surface area contributed by atoms with Crippen molar-refractivity contribution in [2.75, 3.05) is 12.3 Å². The third-order valence-electron chi connectivity index (χ3n) is 4.11. The Balaban J connectivity index is 1.54. The van der Waals surface area contributed by atoms with Crippen molar-refractivity contribution in [1.29, 1.82) is 0 Å². The third-order valence-corrected chi connectivity index (χ3v) is 5.38. The molecule has 2 unspecified atom stereocenters. The van der Waals surface area contributed by atoms with Gasteiger partial charge >= 0.3 is 6.03 Å². The van der Waals surface area contributed by atoms with E-state index in [1.54, 1.807) is 10.9 Å². The van der Waals surface area contributed by atoms with E-state index >= 15 is 0 Å². The Bertz CT molecular complexity index is 685. The second-order valence-corrected chi connectivity index (χ2v) is 7.14. The molecule has 1 aromatic heterocycles. The molecule has 3 rings (SSSR count). The van der Waals surface area contributed by atoms with E-state index in [-0.39, 0.29) is 12.1 Å². The minimum absolute atomic E-state index is 0.0602. The fourth-order valence-electron chi connectivity index (χ4n) is 2.83. The van der Waals surface area contributed by atoms with Gasteiger partial charge in [0, 0.05) is 30.6 Å². The third kappa shape index (κ3) is 3.88. The number of urea groups is 1. The van der Waals surface area contributed by atoms with E-state index in [1.165, 1.54) is 11.1 Å². The van der Waals surface area contributed by atoms with E-state index < -0.39 is 0 Å². The van der Waals surface area contributed by atoms with Crippen LogP contribution in [0, 0.1) is 0 Å². The van der Waals surface area contributed by atoms with Crippen LogP contribution in [0.2, 0.25) is 0 Å². The average Bonchev–Trinajstić information content (AvgIpc) is 2.99. The molecule has 2 heterocycles. The lowest BCUT2D eigenvalue weighted by Gasteiger charge is -2.25. The van der Waals surface area contributed by atoms with Gasteiger partial charge in [-0.1, -0.05) is 24.3 Å². The first-order valence-corrected chi connectivity index (χ1v) is 8.90. The van der Waals surface area contributed by atoms with E-state index in [1.807, 2.05) is 31.9 Å². The number of aromatic nitrogens is 2. The summed E-state index contributed by atoms with van der Waals surface area (Å²) in [5.41, 5.74) is 3.76. The lowest BCUT2D eigenvalue weighted by atomic mass is 10.0. The molecule has 0 saturated heterocycles. The molecule has 23 heavy (non-hydrogen) atoms. The Hall–Kier alpha value is -1.95. The molecule has 1 aliphatic heterocycles. The number of aryl methyl sites for hydroxylation is 2. The molecule has 2 atom stereocenters. The van der Waals surface area contributed by atoms with Gasteiger partial charge in [0.05, 0.1) is 12.2 Å². The number of rotatable bonds is 4. The van der Waals surface area contributed by atoms with Gasteiger partial charge in [-0.15, -0.1) is 0 Å². The highest BCUT2D eigenvalue weighted by Gasteiger charge is 2.21. The number of hydrogen-bond acceptors (Lipinski definition) is 3. The van der Waals surface area contributed by atoms with Crippen LogP contribution in [-0.4, -0.2) is 28.1 Å². The predicted octanol–water partition coefficient (Wildman–Crippen LogP) is 2.81. The molecule has 1 aromatic carbocycles. The summed E-state index contributed by atoms with van der Waals surface area (Å²) >= 11 is 1.91. The topological polar surface area (TPSA) is 59.0 Å². The van der Waals surface area contributed by atoms with Crippen LogP contribution in [0.4, 0.5) is 4.79 Å². The molecule has 0 spiro atoms.